The highest BCUT2D eigenvalue weighted by Crippen LogP contribution is 2.25. The Kier molecular flexibility index (Phi) is 4.69. The van der Waals surface area contributed by atoms with Crippen LogP contribution >= 0.6 is 22.9 Å². The molecule has 0 saturated carbocycles. The van der Waals surface area contributed by atoms with Gasteiger partial charge in [0.15, 0.2) is 0 Å². The summed E-state index contributed by atoms with van der Waals surface area (Å²) >= 11 is 7.32. The molecule has 23 heavy (non-hydrogen) atoms. The molecule has 2 aromatic heterocycles. The number of pyridine rings is 1. The van der Waals surface area contributed by atoms with Gasteiger partial charge >= 0.3 is 0 Å². The topological polar surface area (TPSA) is 54.9 Å². The molecule has 0 aliphatic heterocycles. The van der Waals surface area contributed by atoms with E-state index in [1.165, 1.54) is 11.3 Å². The Labute approximate surface area is 143 Å². The Bertz CT molecular complexity index is 802. The van der Waals surface area contributed by atoms with Gasteiger partial charge in [-0.1, -0.05) is 29.8 Å². The van der Waals surface area contributed by atoms with Gasteiger partial charge < -0.3 is 5.32 Å². The molecule has 0 radical (unpaired) electrons. The monoisotopic (exact) mass is 343 g/mol. The minimum atomic E-state index is -0.196. The molecule has 0 spiro atoms. The first-order valence-electron chi connectivity index (χ1n) is 7.06. The van der Waals surface area contributed by atoms with Crippen molar-refractivity contribution in [1.29, 1.82) is 0 Å². The molecule has 4 nitrogen and oxygen atoms in total. The molecule has 1 aromatic carbocycles. The predicted octanol–water partition coefficient (Wildman–Crippen LogP) is 4.35. The zero-order chi connectivity index (χ0) is 16.2. The van der Waals surface area contributed by atoms with E-state index in [0.29, 0.717) is 10.7 Å². The van der Waals surface area contributed by atoms with Crippen LogP contribution in [0.25, 0.3) is 10.6 Å². The van der Waals surface area contributed by atoms with Crippen LogP contribution in [0.1, 0.15) is 29.0 Å². The fraction of sp³-hybridized carbons (Fsp3) is 0.118. The molecule has 0 aliphatic rings. The second-order valence-corrected chi connectivity index (χ2v) is 6.32. The van der Waals surface area contributed by atoms with Crippen molar-refractivity contribution < 1.29 is 4.79 Å². The molecule has 0 saturated heterocycles. The van der Waals surface area contributed by atoms with Gasteiger partial charge in [0, 0.05) is 28.4 Å². The second-order valence-electron chi connectivity index (χ2n) is 5.03. The molecule has 0 aliphatic carbocycles. The second kappa shape index (κ2) is 6.89. The van der Waals surface area contributed by atoms with Gasteiger partial charge in [-0.05, 0) is 30.7 Å². The molecule has 116 valence electrons. The van der Waals surface area contributed by atoms with E-state index in [4.69, 9.17) is 11.6 Å². The van der Waals surface area contributed by atoms with Crippen LogP contribution in [0.5, 0.6) is 0 Å². The summed E-state index contributed by atoms with van der Waals surface area (Å²) in [6.45, 7) is 1.92. The maximum Gasteiger partial charge on any atom is 0.271 e. The molecule has 1 atom stereocenters. The zero-order valence-corrected chi connectivity index (χ0v) is 13.9. The van der Waals surface area contributed by atoms with Gasteiger partial charge in [0.25, 0.3) is 5.91 Å². The number of carbonyl (C=O) groups excluding carboxylic acids is 1. The number of aromatic nitrogens is 2. The van der Waals surface area contributed by atoms with Crippen LogP contribution in [-0.2, 0) is 0 Å². The third kappa shape index (κ3) is 3.75. The van der Waals surface area contributed by atoms with Crippen molar-refractivity contribution in [2.24, 2.45) is 0 Å². The molecule has 3 rings (SSSR count). The van der Waals surface area contributed by atoms with Crippen molar-refractivity contribution in [2.45, 2.75) is 13.0 Å². The number of hydrogen-bond donors (Lipinski definition) is 1. The van der Waals surface area contributed by atoms with E-state index in [-0.39, 0.29) is 11.9 Å². The Balaban J connectivity index is 1.72. The molecular formula is C17H14ClN3OS. The van der Waals surface area contributed by atoms with Crippen molar-refractivity contribution in [3.63, 3.8) is 0 Å². The van der Waals surface area contributed by atoms with Crippen molar-refractivity contribution in [3.05, 3.63) is 70.5 Å². The Morgan fingerprint density at radius 2 is 2.04 bits per heavy atom. The molecular weight excluding hydrogens is 330 g/mol. The Morgan fingerprint density at radius 3 is 2.74 bits per heavy atom. The smallest absolute Gasteiger partial charge is 0.271 e. The van der Waals surface area contributed by atoms with Crippen LogP contribution in [0, 0.1) is 0 Å². The first kappa shape index (κ1) is 15.6. The molecule has 0 fully saturated rings. The first-order chi connectivity index (χ1) is 11.1. The summed E-state index contributed by atoms with van der Waals surface area (Å²) in [6, 6.07) is 11.0. The third-order valence-corrected chi connectivity index (χ3v) is 4.50. The van der Waals surface area contributed by atoms with Gasteiger partial charge in [0.1, 0.15) is 10.7 Å². The van der Waals surface area contributed by atoms with Gasteiger partial charge in [-0.25, -0.2) is 4.98 Å². The number of nitrogens with one attached hydrogen (secondary N) is 1. The summed E-state index contributed by atoms with van der Waals surface area (Å²) in [6.07, 6.45) is 3.45. The fourth-order valence-electron chi connectivity index (χ4n) is 2.09. The van der Waals surface area contributed by atoms with E-state index in [1.807, 2.05) is 43.3 Å². The number of hydrogen-bond acceptors (Lipinski definition) is 4. The van der Waals surface area contributed by atoms with Crippen LogP contribution in [0.2, 0.25) is 5.02 Å². The molecule has 1 amide bonds. The van der Waals surface area contributed by atoms with Crippen molar-refractivity contribution in [2.75, 3.05) is 0 Å². The number of thiazole rings is 1. The van der Waals surface area contributed by atoms with Crippen molar-refractivity contribution in [1.82, 2.24) is 15.3 Å². The minimum absolute atomic E-state index is 0.128. The zero-order valence-electron chi connectivity index (χ0n) is 12.4. The van der Waals surface area contributed by atoms with Crippen LogP contribution in [0.4, 0.5) is 0 Å². The maximum atomic E-state index is 12.3. The molecule has 0 bridgehead atoms. The Hall–Kier alpha value is -2.24. The lowest BCUT2D eigenvalue weighted by molar-refractivity contribution is 0.0935. The van der Waals surface area contributed by atoms with Gasteiger partial charge in [-0.3, -0.25) is 9.78 Å². The van der Waals surface area contributed by atoms with Gasteiger partial charge in [0.05, 0.1) is 6.04 Å². The lowest BCUT2D eigenvalue weighted by Gasteiger charge is -2.12. The van der Waals surface area contributed by atoms with Crippen LogP contribution in [-0.4, -0.2) is 15.9 Å². The average Bonchev–Trinajstić information content (AvgIpc) is 3.06. The number of carbonyl (C=O) groups is 1. The highest BCUT2D eigenvalue weighted by atomic mass is 35.5. The van der Waals surface area contributed by atoms with E-state index < -0.39 is 0 Å². The predicted molar refractivity (Wildman–Crippen MR) is 92.7 cm³/mol. The molecule has 3 aromatic rings. The quantitative estimate of drug-likeness (QED) is 0.766. The highest BCUT2D eigenvalue weighted by Gasteiger charge is 2.15. The number of nitrogens with zero attached hydrogens (tertiary/aromatic N) is 2. The van der Waals surface area contributed by atoms with Crippen LogP contribution in [0.15, 0.2) is 54.2 Å². The van der Waals surface area contributed by atoms with Crippen molar-refractivity contribution in [3.8, 4) is 10.6 Å². The van der Waals surface area contributed by atoms with E-state index >= 15 is 0 Å². The first-order valence-corrected chi connectivity index (χ1v) is 8.31. The summed E-state index contributed by atoms with van der Waals surface area (Å²) in [5.74, 6) is -0.196. The largest absolute Gasteiger partial charge is 0.344 e. The standard InChI is InChI=1S/C17H14ClN3OS/c1-11(13-3-2-8-19-9-13)20-16(22)15-10-23-17(21-15)12-4-6-14(18)7-5-12/h2-11H,1H3,(H,20,22). The normalized spacial score (nSPS) is 11.9. The van der Waals surface area contributed by atoms with E-state index in [9.17, 15) is 4.79 Å². The van der Waals surface area contributed by atoms with Gasteiger partial charge in [-0.15, -0.1) is 11.3 Å². The van der Waals surface area contributed by atoms with E-state index in [0.717, 1.165) is 16.1 Å². The molecule has 1 N–H and O–H groups in total. The lowest BCUT2D eigenvalue weighted by Crippen LogP contribution is -2.26. The van der Waals surface area contributed by atoms with E-state index in [1.54, 1.807) is 17.8 Å². The van der Waals surface area contributed by atoms with E-state index in [2.05, 4.69) is 15.3 Å². The summed E-state index contributed by atoms with van der Waals surface area (Å²) < 4.78 is 0. The SMILES string of the molecule is CC(NC(=O)c1csc(-c2ccc(Cl)cc2)n1)c1cccnc1. The Morgan fingerprint density at radius 1 is 1.26 bits per heavy atom. The summed E-state index contributed by atoms with van der Waals surface area (Å²) in [5, 5.41) is 6.16. The lowest BCUT2D eigenvalue weighted by atomic mass is 10.1. The summed E-state index contributed by atoms with van der Waals surface area (Å²) in [4.78, 5) is 20.8. The number of rotatable bonds is 4. The average molecular weight is 344 g/mol. The van der Waals surface area contributed by atoms with Gasteiger partial charge in [0.2, 0.25) is 0 Å². The molecule has 6 heteroatoms. The summed E-state index contributed by atoms with van der Waals surface area (Å²) in [7, 11) is 0. The van der Waals surface area contributed by atoms with Crippen molar-refractivity contribution >= 4 is 28.8 Å². The van der Waals surface area contributed by atoms with Crippen LogP contribution in [0.3, 0.4) is 0 Å². The molecule has 2 heterocycles. The molecule has 1 unspecified atom stereocenters. The third-order valence-electron chi connectivity index (χ3n) is 3.36. The summed E-state index contributed by atoms with van der Waals surface area (Å²) in [5.41, 5.74) is 2.31. The number of amides is 1. The fourth-order valence-corrected chi connectivity index (χ4v) is 3.02. The van der Waals surface area contributed by atoms with Gasteiger partial charge in [-0.2, -0.15) is 0 Å². The number of halogens is 1. The minimum Gasteiger partial charge on any atom is -0.344 e. The maximum absolute atomic E-state index is 12.3. The van der Waals surface area contributed by atoms with Crippen LogP contribution < -0.4 is 5.32 Å². The highest BCUT2D eigenvalue weighted by molar-refractivity contribution is 7.13. The number of benzene rings is 1.